The molecular formula is C13H22N2O3. The first-order valence-electron chi connectivity index (χ1n) is 6.90. The summed E-state index contributed by atoms with van der Waals surface area (Å²) in [6.07, 6.45) is 5.36. The van der Waals surface area contributed by atoms with Gasteiger partial charge in [-0.15, -0.1) is 0 Å². The molecule has 0 bridgehead atoms. The zero-order valence-corrected chi connectivity index (χ0v) is 10.8. The van der Waals surface area contributed by atoms with Crippen molar-refractivity contribution in [3.8, 4) is 0 Å². The Labute approximate surface area is 108 Å². The number of likely N-dealkylation sites (tertiary alicyclic amines) is 1. The van der Waals surface area contributed by atoms with E-state index < -0.39 is 0 Å². The van der Waals surface area contributed by atoms with Gasteiger partial charge >= 0.3 is 0 Å². The van der Waals surface area contributed by atoms with E-state index >= 15 is 0 Å². The monoisotopic (exact) mass is 254 g/mol. The van der Waals surface area contributed by atoms with Gasteiger partial charge < -0.3 is 14.9 Å². The van der Waals surface area contributed by atoms with Gasteiger partial charge in [0.25, 0.3) is 0 Å². The predicted molar refractivity (Wildman–Crippen MR) is 66.9 cm³/mol. The molecule has 18 heavy (non-hydrogen) atoms. The van der Waals surface area contributed by atoms with Crippen LogP contribution < -0.4 is 0 Å². The minimum Gasteiger partial charge on any atom is -0.396 e. The SMILES string of the molecule is O=C1CCCN1CC(=O)N(CCCO)C1CCC1. The Hall–Kier alpha value is -1.10. The third-order valence-corrected chi connectivity index (χ3v) is 3.89. The first-order valence-corrected chi connectivity index (χ1v) is 6.90. The van der Waals surface area contributed by atoms with Crippen molar-refractivity contribution >= 4 is 11.8 Å². The maximum absolute atomic E-state index is 12.2. The highest BCUT2D eigenvalue weighted by molar-refractivity contribution is 5.86. The van der Waals surface area contributed by atoms with Crippen LogP contribution in [0.25, 0.3) is 0 Å². The van der Waals surface area contributed by atoms with Gasteiger partial charge in [-0.1, -0.05) is 0 Å². The Kier molecular flexibility index (Phi) is 4.58. The van der Waals surface area contributed by atoms with E-state index in [0.717, 1.165) is 19.3 Å². The van der Waals surface area contributed by atoms with Crippen LogP contribution in [0, 0.1) is 0 Å². The summed E-state index contributed by atoms with van der Waals surface area (Å²) in [5, 5.41) is 8.89. The van der Waals surface area contributed by atoms with Crippen LogP contribution in [-0.2, 0) is 9.59 Å². The fourth-order valence-corrected chi connectivity index (χ4v) is 2.58. The summed E-state index contributed by atoms with van der Waals surface area (Å²) < 4.78 is 0. The van der Waals surface area contributed by atoms with Crippen molar-refractivity contribution in [3.63, 3.8) is 0 Å². The Morgan fingerprint density at radius 3 is 2.67 bits per heavy atom. The Morgan fingerprint density at radius 2 is 2.17 bits per heavy atom. The summed E-state index contributed by atoms with van der Waals surface area (Å²) in [4.78, 5) is 27.3. The van der Waals surface area contributed by atoms with E-state index in [1.165, 1.54) is 6.42 Å². The summed E-state index contributed by atoms with van der Waals surface area (Å²) in [5.74, 6) is 0.141. The lowest BCUT2D eigenvalue weighted by Gasteiger charge is -2.38. The van der Waals surface area contributed by atoms with Gasteiger partial charge in [0.1, 0.15) is 0 Å². The largest absolute Gasteiger partial charge is 0.396 e. The molecule has 102 valence electrons. The highest BCUT2D eigenvalue weighted by Gasteiger charge is 2.31. The second-order valence-electron chi connectivity index (χ2n) is 5.17. The maximum Gasteiger partial charge on any atom is 0.242 e. The van der Waals surface area contributed by atoms with E-state index in [2.05, 4.69) is 0 Å². The van der Waals surface area contributed by atoms with Crippen LogP contribution in [0.15, 0.2) is 0 Å². The second-order valence-corrected chi connectivity index (χ2v) is 5.17. The molecule has 1 aliphatic carbocycles. The minimum atomic E-state index is 0.0448. The molecule has 5 nitrogen and oxygen atoms in total. The van der Waals surface area contributed by atoms with Gasteiger partial charge in [0.15, 0.2) is 0 Å². The highest BCUT2D eigenvalue weighted by Crippen LogP contribution is 2.25. The fourth-order valence-electron chi connectivity index (χ4n) is 2.58. The van der Waals surface area contributed by atoms with Crippen LogP contribution in [0.5, 0.6) is 0 Å². The molecule has 1 aliphatic heterocycles. The average molecular weight is 254 g/mol. The lowest BCUT2D eigenvalue weighted by atomic mass is 9.91. The van der Waals surface area contributed by atoms with Crippen LogP contribution in [0.1, 0.15) is 38.5 Å². The molecule has 0 unspecified atom stereocenters. The van der Waals surface area contributed by atoms with Crippen molar-refractivity contribution in [1.29, 1.82) is 0 Å². The van der Waals surface area contributed by atoms with Crippen molar-refractivity contribution in [3.05, 3.63) is 0 Å². The summed E-state index contributed by atoms with van der Waals surface area (Å²) in [5.41, 5.74) is 0. The zero-order chi connectivity index (χ0) is 13.0. The number of nitrogens with zero attached hydrogens (tertiary/aromatic N) is 2. The van der Waals surface area contributed by atoms with Crippen LogP contribution in [-0.4, -0.2) is 59.0 Å². The quantitative estimate of drug-likeness (QED) is 0.745. The molecule has 1 saturated heterocycles. The van der Waals surface area contributed by atoms with E-state index in [1.54, 1.807) is 4.90 Å². The maximum atomic E-state index is 12.2. The number of aliphatic hydroxyl groups is 1. The number of aliphatic hydroxyl groups excluding tert-OH is 1. The number of carbonyl (C=O) groups excluding carboxylic acids is 2. The van der Waals surface area contributed by atoms with E-state index in [9.17, 15) is 9.59 Å². The molecular weight excluding hydrogens is 232 g/mol. The number of rotatable bonds is 6. The molecule has 2 amide bonds. The number of amides is 2. The van der Waals surface area contributed by atoms with Crippen LogP contribution >= 0.6 is 0 Å². The lowest BCUT2D eigenvalue weighted by Crippen LogP contribution is -2.49. The van der Waals surface area contributed by atoms with E-state index in [0.29, 0.717) is 32.0 Å². The number of hydrogen-bond donors (Lipinski definition) is 1. The van der Waals surface area contributed by atoms with E-state index in [-0.39, 0.29) is 25.0 Å². The zero-order valence-electron chi connectivity index (χ0n) is 10.8. The van der Waals surface area contributed by atoms with Gasteiger partial charge in [0.05, 0.1) is 6.54 Å². The fraction of sp³-hybridized carbons (Fsp3) is 0.846. The minimum absolute atomic E-state index is 0.0448. The molecule has 2 aliphatic rings. The smallest absolute Gasteiger partial charge is 0.242 e. The highest BCUT2D eigenvalue weighted by atomic mass is 16.3. The molecule has 0 atom stereocenters. The average Bonchev–Trinajstić information content (AvgIpc) is 2.67. The molecule has 5 heteroatoms. The van der Waals surface area contributed by atoms with Crippen molar-refractivity contribution in [2.45, 2.75) is 44.6 Å². The third kappa shape index (κ3) is 3.02. The Morgan fingerprint density at radius 1 is 1.39 bits per heavy atom. The standard InChI is InChI=1S/C13H22N2O3/c16-9-3-8-15(11-4-1-5-11)13(18)10-14-7-2-6-12(14)17/h11,16H,1-10H2. The van der Waals surface area contributed by atoms with Gasteiger partial charge in [-0.3, -0.25) is 9.59 Å². The molecule has 2 fully saturated rings. The summed E-state index contributed by atoms with van der Waals surface area (Å²) >= 11 is 0. The van der Waals surface area contributed by atoms with Gasteiger partial charge in [0.2, 0.25) is 11.8 Å². The van der Waals surface area contributed by atoms with Gasteiger partial charge in [-0.25, -0.2) is 0 Å². The molecule has 1 N–H and O–H groups in total. The molecule has 0 spiro atoms. The number of hydrogen-bond acceptors (Lipinski definition) is 3. The molecule has 1 heterocycles. The van der Waals surface area contributed by atoms with Gasteiger partial charge in [-0.2, -0.15) is 0 Å². The normalized spacial score (nSPS) is 20.1. The topological polar surface area (TPSA) is 60.9 Å². The molecule has 2 rings (SSSR count). The van der Waals surface area contributed by atoms with E-state index in [4.69, 9.17) is 5.11 Å². The molecule has 1 saturated carbocycles. The van der Waals surface area contributed by atoms with Crippen LogP contribution in [0.4, 0.5) is 0 Å². The summed E-state index contributed by atoms with van der Waals surface area (Å²) in [6.45, 7) is 1.66. The Bertz CT molecular complexity index is 315. The van der Waals surface area contributed by atoms with Crippen molar-refractivity contribution in [2.24, 2.45) is 0 Å². The molecule has 0 radical (unpaired) electrons. The molecule has 0 aromatic rings. The Balaban J connectivity index is 1.87. The van der Waals surface area contributed by atoms with Crippen molar-refractivity contribution in [1.82, 2.24) is 9.80 Å². The van der Waals surface area contributed by atoms with Crippen molar-refractivity contribution < 1.29 is 14.7 Å². The molecule has 0 aromatic carbocycles. The van der Waals surface area contributed by atoms with Gasteiger partial charge in [-0.05, 0) is 32.1 Å². The van der Waals surface area contributed by atoms with E-state index in [1.807, 2.05) is 4.90 Å². The summed E-state index contributed by atoms with van der Waals surface area (Å²) in [6, 6.07) is 0.335. The predicted octanol–water partition coefficient (Wildman–Crippen LogP) is 0.372. The van der Waals surface area contributed by atoms with Gasteiger partial charge in [0, 0.05) is 32.2 Å². The van der Waals surface area contributed by atoms with Crippen LogP contribution in [0.3, 0.4) is 0 Å². The second kappa shape index (κ2) is 6.18. The third-order valence-electron chi connectivity index (χ3n) is 3.89. The lowest BCUT2D eigenvalue weighted by molar-refractivity contribution is -0.141. The first kappa shape index (κ1) is 13.3. The van der Waals surface area contributed by atoms with Crippen LogP contribution in [0.2, 0.25) is 0 Å². The molecule has 0 aromatic heterocycles. The van der Waals surface area contributed by atoms with Crippen molar-refractivity contribution in [2.75, 3.05) is 26.2 Å². The summed E-state index contributed by atoms with van der Waals surface area (Å²) in [7, 11) is 0. The number of carbonyl (C=O) groups is 2. The first-order chi connectivity index (χ1) is 8.72.